The topological polar surface area (TPSA) is 245 Å². The zero-order valence-electron chi connectivity index (χ0n) is 44.3. The summed E-state index contributed by atoms with van der Waals surface area (Å²) >= 11 is 0. The van der Waals surface area contributed by atoms with E-state index in [1.165, 1.54) is 72.8 Å². The van der Waals surface area contributed by atoms with E-state index in [1.807, 2.05) is 0 Å². The number of ether oxygens (including phenoxy) is 11. The SMILES string of the molecule is CC(=O)OC[C@H]1O[C@@H](OC[C@H]2O[C@@H](O[C@@H](C#N)c3ccccc3)[C@H](OC(=O)c3ccccc3)[C@@H](OC(=O)c3ccccc3)[C@@H]2OC(=O)c2ccccc2)[C@H](OC(=O)c2ccccc2)[C@@H](OC(=O)c2ccccc2)[C@@H]1OC(=O)c1ccccc1. The van der Waals surface area contributed by atoms with Gasteiger partial charge in [0.05, 0.1) is 46.1 Å². The molecule has 11 atom stereocenters. The number of benzene rings is 7. The van der Waals surface area contributed by atoms with Crippen LogP contribution in [0.3, 0.4) is 0 Å². The molecule has 0 N–H and O–H groups in total. The Morgan fingerprint density at radius 1 is 0.386 bits per heavy atom. The molecule has 0 spiro atoms. The zero-order chi connectivity index (χ0) is 58.1. The highest BCUT2D eigenvalue weighted by molar-refractivity contribution is 5.93. The molecule has 0 aromatic heterocycles. The Bertz CT molecular complexity index is 3350. The van der Waals surface area contributed by atoms with Crippen molar-refractivity contribution in [1.29, 1.82) is 5.26 Å². The normalized spacial score (nSPS) is 22.2. The Balaban J connectivity index is 1.17. The Kier molecular flexibility index (Phi) is 19.5. The highest BCUT2D eigenvalue weighted by Crippen LogP contribution is 2.37. The quantitative estimate of drug-likeness (QED) is 0.0512. The van der Waals surface area contributed by atoms with Gasteiger partial charge in [-0.25, -0.2) is 28.8 Å². The lowest BCUT2D eigenvalue weighted by atomic mass is 9.96. The highest BCUT2D eigenvalue weighted by Gasteiger charge is 2.57. The van der Waals surface area contributed by atoms with E-state index in [-0.39, 0.29) is 33.4 Å². The van der Waals surface area contributed by atoms with Gasteiger partial charge >= 0.3 is 41.8 Å². The van der Waals surface area contributed by atoms with E-state index in [1.54, 1.807) is 140 Å². The lowest BCUT2D eigenvalue weighted by molar-refractivity contribution is -0.331. The van der Waals surface area contributed by atoms with Crippen LogP contribution in [-0.2, 0) is 56.9 Å². The van der Waals surface area contributed by atoms with Gasteiger partial charge in [-0.3, -0.25) is 4.79 Å². The fraction of sp³-hybridized carbons (Fsp3) is 0.219. The van der Waals surface area contributed by atoms with E-state index < -0.39 is 123 Å². The molecule has 2 aliphatic heterocycles. The van der Waals surface area contributed by atoms with Crippen molar-refractivity contribution >= 4 is 41.8 Å². The average Bonchev–Trinajstić information content (AvgIpc) is 3.53. The Morgan fingerprint density at radius 3 is 0.988 bits per heavy atom. The van der Waals surface area contributed by atoms with Crippen molar-refractivity contribution in [2.75, 3.05) is 13.2 Å². The van der Waals surface area contributed by atoms with E-state index in [0.29, 0.717) is 5.56 Å². The Labute approximate surface area is 476 Å². The number of esters is 7. The van der Waals surface area contributed by atoms with Crippen LogP contribution >= 0.6 is 0 Å². The zero-order valence-corrected chi connectivity index (χ0v) is 44.3. The molecule has 19 heteroatoms. The molecule has 0 saturated carbocycles. The minimum Gasteiger partial charge on any atom is -0.463 e. The lowest BCUT2D eigenvalue weighted by Crippen LogP contribution is -2.65. The van der Waals surface area contributed by atoms with Gasteiger partial charge in [-0.2, -0.15) is 5.26 Å². The van der Waals surface area contributed by atoms with Crippen molar-refractivity contribution < 1.29 is 85.7 Å². The molecule has 422 valence electrons. The molecule has 19 nitrogen and oxygen atoms in total. The first-order valence-corrected chi connectivity index (χ1v) is 26.2. The third-order valence-corrected chi connectivity index (χ3v) is 13.1. The molecule has 0 radical (unpaired) electrons. The van der Waals surface area contributed by atoms with E-state index in [2.05, 4.69) is 6.07 Å². The maximum Gasteiger partial charge on any atom is 0.338 e. The first-order valence-electron chi connectivity index (χ1n) is 26.2. The van der Waals surface area contributed by atoms with Crippen molar-refractivity contribution in [3.8, 4) is 6.07 Å². The summed E-state index contributed by atoms with van der Waals surface area (Å²) in [6, 6.07) is 56.8. The molecule has 0 bridgehead atoms. The van der Waals surface area contributed by atoms with Crippen LogP contribution in [0.5, 0.6) is 0 Å². The van der Waals surface area contributed by atoms with E-state index in [0.717, 1.165) is 6.92 Å². The molecule has 0 amide bonds. The second kappa shape index (κ2) is 28.0. The van der Waals surface area contributed by atoms with Gasteiger partial charge in [0.1, 0.15) is 18.8 Å². The van der Waals surface area contributed by atoms with Crippen LogP contribution in [0.25, 0.3) is 0 Å². The number of rotatable bonds is 20. The van der Waals surface area contributed by atoms with Crippen molar-refractivity contribution in [3.63, 3.8) is 0 Å². The maximum absolute atomic E-state index is 14.4. The molecule has 2 heterocycles. The lowest BCUT2D eigenvalue weighted by Gasteiger charge is -2.46. The second-order valence-electron chi connectivity index (χ2n) is 18.7. The number of hydrogen-bond donors (Lipinski definition) is 0. The van der Waals surface area contributed by atoms with Crippen LogP contribution in [0.1, 0.15) is 80.7 Å². The monoisotopic (exact) mass is 1120 g/mol. The number of nitriles is 1. The summed E-state index contributed by atoms with van der Waals surface area (Å²) in [5.41, 5.74) is 0.558. The van der Waals surface area contributed by atoms with Gasteiger partial charge in [-0.05, 0) is 78.4 Å². The first-order chi connectivity index (χ1) is 40.4. The van der Waals surface area contributed by atoms with Crippen molar-refractivity contribution in [2.24, 2.45) is 0 Å². The Hall–Kier alpha value is -9.84. The third-order valence-electron chi connectivity index (χ3n) is 13.1. The second-order valence-corrected chi connectivity index (χ2v) is 18.7. The summed E-state index contributed by atoms with van der Waals surface area (Å²) in [5, 5.41) is 10.7. The van der Waals surface area contributed by atoms with Crippen LogP contribution in [-0.4, -0.2) is 116 Å². The number of carbonyl (C=O) groups is 7. The van der Waals surface area contributed by atoms with Gasteiger partial charge in [0.15, 0.2) is 49.0 Å². The summed E-state index contributed by atoms with van der Waals surface area (Å²) in [5.74, 6) is -6.60. The van der Waals surface area contributed by atoms with Gasteiger partial charge in [-0.15, -0.1) is 0 Å². The van der Waals surface area contributed by atoms with E-state index >= 15 is 0 Å². The summed E-state index contributed by atoms with van der Waals surface area (Å²) in [6.07, 6.45) is -19.4. The molecular formula is C64H53NO18. The number of hydrogen-bond acceptors (Lipinski definition) is 19. The fourth-order valence-corrected chi connectivity index (χ4v) is 9.00. The number of nitrogens with zero attached hydrogens (tertiary/aromatic N) is 1. The van der Waals surface area contributed by atoms with Gasteiger partial charge in [0.2, 0.25) is 6.29 Å². The average molecular weight is 1120 g/mol. The maximum atomic E-state index is 14.4. The van der Waals surface area contributed by atoms with Crippen LogP contribution in [0.2, 0.25) is 0 Å². The first kappa shape index (κ1) is 57.8. The van der Waals surface area contributed by atoms with Crippen molar-refractivity contribution in [3.05, 3.63) is 251 Å². The smallest absolute Gasteiger partial charge is 0.338 e. The summed E-state index contributed by atoms with van der Waals surface area (Å²) in [7, 11) is 0. The van der Waals surface area contributed by atoms with Crippen LogP contribution in [0.15, 0.2) is 212 Å². The van der Waals surface area contributed by atoms with E-state index in [4.69, 9.17) is 52.1 Å². The minimum absolute atomic E-state index is 0.0207. The third kappa shape index (κ3) is 14.9. The summed E-state index contributed by atoms with van der Waals surface area (Å²) in [4.78, 5) is 98.3. The van der Waals surface area contributed by atoms with Gasteiger partial charge in [0.25, 0.3) is 0 Å². The Morgan fingerprint density at radius 2 is 0.663 bits per heavy atom. The van der Waals surface area contributed by atoms with E-state index in [9.17, 15) is 38.8 Å². The predicted molar refractivity (Wildman–Crippen MR) is 290 cm³/mol. The van der Waals surface area contributed by atoms with Gasteiger partial charge in [0, 0.05) is 6.92 Å². The van der Waals surface area contributed by atoms with Crippen LogP contribution in [0.4, 0.5) is 0 Å². The standard InChI is InChI=1S/C64H53NO18/c1-40(66)73-38-49-51(78-57(67)42-25-11-3-12-26-42)53(80-59(69)44-29-15-5-16-30-44)55(82-61(71)46-33-19-7-20-34-46)63(76-49)74-39-50-52(79-58(68)43-27-13-4-14-28-43)54(81-60(70)45-31-17-6-18-32-45)56(83-62(72)47-35-21-8-22-36-47)64(77-50)75-48(37-65)41-23-9-2-10-24-41/h2-36,48-56,63-64H,38-39H2,1H3/t48-,49+,50+,51+,52+,53-,54-,55+,56+,63+,64+/m0/s1. The van der Waals surface area contributed by atoms with Gasteiger partial charge in [-0.1, -0.05) is 140 Å². The van der Waals surface area contributed by atoms with Crippen molar-refractivity contribution in [1.82, 2.24) is 0 Å². The molecular weight excluding hydrogens is 1070 g/mol. The summed E-state index contributed by atoms with van der Waals surface area (Å²) < 4.78 is 69.0. The molecule has 0 aliphatic carbocycles. The molecule has 7 aromatic rings. The minimum atomic E-state index is -1.91. The molecule has 2 aliphatic rings. The molecule has 2 fully saturated rings. The van der Waals surface area contributed by atoms with Gasteiger partial charge < -0.3 is 52.1 Å². The molecule has 7 aromatic carbocycles. The largest absolute Gasteiger partial charge is 0.463 e. The van der Waals surface area contributed by atoms with Crippen molar-refractivity contribution in [2.45, 2.75) is 74.4 Å². The fourth-order valence-electron chi connectivity index (χ4n) is 9.00. The van der Waals surface area contributed by atoms with Crippen LogP contribution < -0.4 is 0 Å². The number of carbonyl (C=O) groups excluding carboxylic acids is 7. The molecule has 9 rings (SSSR count). The molecule has 2 saturated heterocycles. The van der Waals surface area contributed by atoms with Crippen LogP contribution in [0, 0.1) is 11.3 Å². The highest BCUT2D eigenvalue weighted by atomic mass is 16.8. The summed E-state index contributed by atoms with van der Waals surface area (Å²) in [6.45, 7) is -0.351. The molecule has 83 heavy (non-hydrogen) atoms. The molecule has 0 unspecified atom stereocenters. The predicted octanol–water partition coefficient (Wildman–Crippen LogP) is 8.65.